The van der Waals surface area contributed by atoms with Gasteiger partial charge in [0.25, 0.3) is 0 Å². The molecule has 0 fully saturated rings. The van der Waals surface area contributed by atoms with Crippen molar-refractivity contribution in [3.05, 3.63) is 152 Å². The molecule has 3 nitrogen and oxygen atoms in total. The maximum atomic E-state index is 4.86. The molecule has 196 valence electrons. The molecule has 0 aliphatic rings. The quantitative estimate of drug-likeness (QED) is 0.221. The van der Waals surface area contributed by atoms with Crippen LogP contribution in [0.15, 0.2) is 152 Å². The Morgan fingerprint density at radius 1 is 0.405 bits per heavy atom. The number of rotatable bonds is 3. The number of hydrogen-bond acceptors (Lipinski definition) is 1. The summed E-state index contributed by atoms with van der Waals surface area (Å²) in [6.45, 7) is 0. The zero-order chi connectivity index (χ0) is 27.6. The number of fused-ring (bicyclic) bond motifs is 7. The summed E-state index contributed by atoms with van der Waals surface area (Å²) in [4.78, 5) is 4.86. The molecule has 0 spiro atoms. The van der Waals surface area contributed by atoms with Crippen LogP contribution in [-0.4, -0.2) is 14.1 Å². The topological polar surface area (TPSA) is 22.8 Å². The maximum Gasteiger partial charge on any atom is 0.0963 e. The largest absolute Gasteiger partial charge is 0.309 e. The van der Waals surface area contributed by atoms with Crippen LogP contribution in [0.4, 0.5) is 0 Å². The van der Waals surface area contributed by atoms with Crippen molar-refractivity contribution < 1.29 is 0 Å². The minimum atomic E-state index is 1.01. The lowest BCUT2D eigenvalue weighted by atomic mass is 9.99. The second-order valence-electron chi connectivity index (χ2n) is 10.8. The number of para-hydroxylation sites is 4. The van der Waals surface area contributed by atoms with Gasteiger partial charge in [0.05, 0.1) is 27.6 Å². The number of benzene rings is 6. The Labute approximate surface area is 242 Å². The first kappa shape index (κ1) is 23.1. The van der Waals surface area contributed by atoms with E-state index < -0.39 is 0 Å². The zero-order valence-electron chi connectivity index (χ0n) is 22.8. The van der Waals surface area contributed by atoms with Gasteiger partial charge in [-0.15, -0.1) is 0 Å². The number of pyridine rings is 1. The number of hydrogen-bond donors (Lipinski definition) is 0. The molecule has 0 aliphatic heterocycles. The van der Waals surface area contributed by atoms with Crippen molar-refractivity contribution in [3.63, 3.8) is 0 Å². The SMILES string of the molecule is c1ccc(-n2c3cccnc3c3cccc(-c4cccc5c6ccccc6n(-c6ccc7ccccc7c6)c45)c32)cc1. The summed E-state index contributed by atoms with van der Waals surface area (Å²) >= 11 is 0. The second kappa shape index (κ2) is 8.92. The van der Waals surface area contributed by atoms with Crippen molar-refractivity contribution in [2.24, 2.45) is 0 Å². The molecule has 9 aromatic rings. The fourth-order valence-electron chi connectivity index (χ4n) is 6.76. The van der Waals surface area contributed by atoms with Gasteiger partial charge in [-0.05, 0) is 53.2 Å². The van der Waals surface area contributed by atoms with Crippen LogP contribution in [0, 0.1) is 0 Å². The van der Waals surface area contributed by atoms with Crippen molar-refractivity contribution in [1.29, 1.82) is 0 Å². The minimum Gasteiger partial charge on any atom is -0.309 e. The molecule has 3 heteroatoms. The molecule has 3 aromatic heterocycles. The smallest absolute Gasteiger partial charge is 0.0963 e. The molecule has 0 atom stereocenters. The van der Waals surface area contributed by atoms with E-state index in [1.165, 1.54) is 49.2 Å². The van der Waals surface area contributed by atoms with Crippen LogP contribution in [0.5, 0.6) is 0 Å². The Kier molecular flexibility index (Phi) is 4.90. The molecule has 0 saturated heterocycles. The first-order chi connectivity index (χ1) is 20.9. The molecule has 0 N–H and O–H groups in total. The lowest BCUT2D eigenvalue weighted by molar-refractivity contribution is 1.17. The third-order valence-corrected chi connectivity index (χ3v) is 8.53. The van der Waals surface area contributed by atoms with E-state index in [-0.39, 0.29) is 0 Å². The van der Waals surface area contributed by atoms with E-state index in [2.05, 4.69) is 149 Å². The average molecular weight is 536 g/mol. The summed E-state index contributed by atoms with van der Waals surface area (Å²) in [6, 6.07) is 52.3. The van der Waals surface area contributed by atoms with Crippen LogP contribution >= 0.6 is 0 Å². The average Bonchev–Trinajstić information content (AvgIpc) is 3.58. The van der Waals surface area contributed by atoms with E-state index in [0.29, 0.717) is 0 Å². The Balaban J connectivity index is 1.45. The predicted octanol–water partition coefficient (Wildman–Crippen LogP) is 10.1. The highest BCUT2D eigenvalue weighted by atomic mass is 15.0. The summed E-state index contributed by atoms with van der Waals surface area (Å²) in [5, 5.41) is 6.12. The lowest BCUT2D eigenvalue weighted by Gasteiger charge is -2.15. The molecule has 42 heavy (non-hydrogen) atoms. The third kappa shape index (κ3) is 3.25. The predicted molar refractivity (Wildman–Crippen MR) is 176 cm³/mol. The van der Waals surface area contributed by atoms with Gasteiger partial charge in [0.1, 0.15) is 0 Å². The van der Waals surface area contributed by atoms with Gasteiger partial charge in [-0.1, -0.05) is 103 Å². The van der Waals surface area contributed by atoms with Crippen molar-refractivity contribution in [2.45, 2.75) is 0 Å². The molecular weight excluding hydrogens is 510 g/mol. The minimum absolute atomic E-state index is 1.01. The molecule has 0 bridgehead atoms. The first-order valence-corrected chi connectivity index (χ1v) is 14.3. The van der Waals surface area contributed by atoms with Crippen LogP contribution in [0.2, 0.25) is 0 Å². The highest BCUT2D eigenvalue weighted by Gasteiger charge is 2.21. The first-order valence-electron chi connectivity index (χ1n) is 14.3. The van der Waals surface area contributed by atoms with E-state index in [0.717, 1.165) is 27.8 Å². The van der Waals surface area contributed by atoms with Crippen LogP contribution in [-0.2, 0) is 0 Å². The van der Waals surface area contributed by atoms with Gasteiger partial charge in [0, 0.05) is 44.9 Å². The monoisotopic (exact) mass is 535 g/mol. The standard InChI is InChI=1S/C39H25N3/c1-2-13-28(14-3-1)41-36-21-10-24-40-37(36)34-19-9-18-33(39(34)41)32-17-8-16-31-30-15-6-7-20-35(30)42(38(31)32)29-23-22-26-11-4-5-12-27(26)25-29/h1-25H. The zero-order valence-corrected chi connectivity index (χ0v) is 22.8. The molecule has 0 saturated carbocycles. The van der Waals surface area contributed by atoms with E-state index in [4.69, 9.17) is 4.98 Å². The lowest BCUT2D eigenvalue weighted by Crippen LogP contribution is -1.98. The molecule has 0 unspecified atom stereocenters. The van der Waals surface area contributed by atoms with Crippen molar-refractivity contribution >= 4 is 54.5 Å². The van der Waals surface area contributed by atoms with Gasteiger partial charge in [-0.2, -0.15) is 0 Å². The van der Waals surface area contributed by atoms with E-state index in [9.17, 15) is 0 Å². The van der Waals surface area contributed by atoms with Gasteiger partial charge in [-0.25, -0.2) is 0 Å². The molecule has 6 aromatic carbocycles. The fraction of sp³-hybridized carbons (Fsp3) is 0. The Morgan fingerprint density at radius 3 is 1.90 bits per heavy atom. The van der Waals surface area contributed by atoms with Gasteiger partial charge >= 0.3 is 0 Å². The van der Waals surface area contributed by atoms with E-state index in [1.54, 1.807) is 0 Å². The highest BCUT2D eigenvalue weighted by molar-refractivity contribution is 6.18. The third-order valence-electron chi connectivity index (χ3n) is 8.53. The Bertz CT molecular complexity index is 2460. The van der Waals surface area contributed by atoms with Crippen LogP contribution in [0.3, 0.4) is 0 Å². The van der Waals surface area contributed by atoms with E-state index in [1.807, 2.05) is 12.3 Å². The van der Waals surface area contributed by atoms with Crippen LogP contribution < -0.4 is 0 Å². The Morgan fingerprint density at radius 2 is 1.05 bits per heavy atom. The molecule has 9 rings (SSSR count). The Hall–Kier alpha value is -5.67. The number of nitrogens with zero attached hydrogens (tertiary/aromatic N) is 3. The van der Waals surface area contributed by atoms with Crippen molar-refractivity contribution in [1.82, 2.24) is 14.1 Å². The molecule has 3 heterocycles. The number of aromatic nitrogens is 3. The summed E-state index contributed by atoms with van der Waals surface area (Å²) in [5.41, 5.74) is 10.4. The summed E-state index contributed by atoms with van der Waals surface area (Å²) < 4.78 is 4.81. The van der Waals surface area contributed by atoms with Crippen molar-refractivity contribution in [3.8, 4) is 22.5 Å². The van der Waals surface area contributed by atoms with Gasteiger partial charge < -0.3 is 9.13 Å². The van der Waals surface area contributed by atoms with Gasteiger partial charge in [-0.3, -0.25) is 4.98 Å². The summed E-state index contributed by atoms with van der Waals surface area (Å²) in [7, 11) is 0. The highest BCUT2D eigenvalue weighted by Crippen LogP contribution is 2.43. The maximum absolute atomic E-state index is 4.86. The van der Waals surface area contributed by atoms with Crippen molar-refractivity contribution in [2.75, 3.05) is 0 Å². The van der Waals surface area contributed by atoms with Crippen LogP contribution in [0.25, 0.3) is 77.0 Å². The van der Waals surface area contributed by atoms with Gasteiger partial charge in [0.2, 0.25) is 0 Å². The molecule has 0 radical (unpaired) electrons. The second-order valence-corrected chi connectivity index (χ2v) is 10.8. The summed E-state index contributed by atoms with van der Waals surface area (Å²) in [5.74, 6) is 0. The van der Waals surface area contributed by atoms with Crippen LogP contribution in [0.1, 0.15) is 0 Å². The van der Waals surface area contributed by atoms with E-state index >= 15 is 0 Å². The normalized spacial score (nSPS) is 11.8. The summed E-state index contributed by atoms with van der Waals surface area (Å²) in [6.07, 6.45) is 1.89. The van der Waals surface area contributed by atoms with Gasteiger partial charge in [0.15, 0.2) is 0 Å². The molecule has 0 amide bonds. The fourth-order valence-corrected chi connectivity index (χ4v) is 6.76. The molecule has 0 aliphatic carbocycles. The molecular formula is C39H25N3.